The second kappa shape index (κ2) is 11.8. The number of aromatic nitrogens is 3. The van der Waals surface area contributed by atoms with Gasteiger partial charge in [-0.1, -0.05) is 115 Å². The van der Waals surface area contributed by atoms with Gasteiger partial charge in [-0.05, 0) is 71.8 Å². The Morgan fingerprint density at radius 2 is 0.927 bits per heavy atom. The Hall–Kier alpha value is -7.86. The molecule has 11 rings (SSSR count). The number of hydrogen-bond donors (Lipinski definition) is 0. The second-order valence-corrected chi connectivity index (χ2v) is 13.9. The van der Waals surface area contributed by atoms with Crippen molar-refractivity contribution in [3.63, 3.8) is 0 Å². The normalized spacial score (nSPS) is 11.6. The van der Waals surface area contributed by atoms with E-state index in [1.165, 1.54) is 16.3 Å². The van der Waals surface area contributed by atoms with Crippen molar-refractivity contribution in [1.29, 1.82) is 10.5 Å². The second-order valence-electron chi connectivity index (χ2n) is 13.9. The van der Waals surface area contributed by atoms with Gasteiger partial charge in [-0.15, -0.1) is 0 Å². The third kappa shape index (κ3) is 4.33. The summed E-state index contributed by atoms with van der Waals surface area (Å²) < 4.78 is 6.80. The maximum atomic E-state index is 10.8. The van der Waals surface area contributed by atoms with Crippen molar-refractivity contribution >= 4 is 65.4 Å². The summed E-state index contributed by atoms with van der Waals surface area (Å²) in [6.45, 7) is 0. The molecule has 0 bridgehead atoms. The van der Waals surface area contributed by atoms with Gasteiger partial charge in [0.25, 0.3) is 0 Å². The summed E-state index contributed by atoms with van der Waals surface area (Å²) in [5.41, 5.74) is 11.8. The Bertz CT molecular complexity index is 3400. The number of nitrogens with zero attached hydrogens (tertiary/aromatic N) is 5. The predicted molar refractivity (Wildman–Crippen MR) is 224 cm³/mol. The Kier molecular flexibility index (Phi) is 6.61. The van der Waals surface area contributed by atoms with Crippen molar-refractivity contribution < 1.29 is 0 Å². The van der Waals surface area contributed by atoms with E-state index in [0.717, 1.165) is 71.6 Å². The van der Waals surface area contributed by atoms with Crippen molar-refractivity contribution in [2.24, 2.45) is 0 Å². The molecule has 8 aromatic carbocycles. The van der Waals surface area contributed by atoms with Crippen LogP contribution in [0.15, 0.2) is 176 Å². The zero-order valence-electron chi connectivity index (χ0n) is 29.5. The van der Waals surface area contributed by atoms with Crippen LogP contribution in [0.5, 0.6) is 0 Å². The van der Waals surface area contributed by atoms with E-state index in [1.807, 2.05) is 30.3 Å². The number of para-hydroxylation sites is 5. The standard InChI is InChI=1S/C50H29N5/c51-30-33-26-28-47(50(41(33)31-52)55-43-21-9-5-15-36(43)37-16-6-10-22-44(37)55)54-45-23-11-7-18-40(45)49-35(19-12-24-46(49)54)32-25-27-39-38-17-4-8-20-42(38)53(48(39)29-32)34-13-2-1-3-14-34/h1-29H. The molecule has 254 valence electrons. The summed E-state index contributed by atoms with van der Waals surface area (Å²) in [7, 11) is 0. The Morgan fingerprint density at radius 3 is 1.56 bits per heavy atom. The van der Waals surface area contributed by atoms with Gasteiger partial charge < -0.3 is 13.7 Å². The minimum atomic E-state index is 0.340. The number of rotatable bonds is 4. The highest BCUT2D eigenvalue weighted by Crippen LogP contribution is 2.43. The van der Waals surface area contributed by atoms with Crippen LogP contribution >= 0.6 is 0 Å². The van der Waals surface area contributed by atoms with E-state index >= 15 is 0 Å². The first-order valence-electron chi connectivity index (χ1n) is 18.3. The molecule has 0 N–H and O–H groups in total. The van der Waals surface area contributed by atoms with E-state index < -0.39 is 0 Å². The minimum absolute atomic E-state index is 0.340. The lowest BCUT2D eigenvalue weighted by molar-refractivity contribution is 1.08. The summed E-state index contributed by atoms with van der Waals surface area (Å²) in [5.74, 6) is 0. The van der Waals surface area contributed by atoms with E-state index in [2.05, 4.69) is 165 Å². The van der Waals surface area contributed by atoms with Crippen molar-refractivity contribution in [1.82, 2.24) is 13.7 Å². The maximum absolute atomic E-state index is 10.8. The summed E-state index contributed by atoms with van der Waals surface area (Å²) in [4.78, 5) is 0. The topological polar surface area (TPSA) is 62.4 Å². The van der Waals surface area contributed by atoms with Gasteiger partial charge in [-0.3, -0.25) is 0 Å². The van der Waals surface area contributed by atoms with Crippen LogP contribution in [-0.4, -0.2) is 13.7 Å². The third-order valence-electron chi connectivity index (χ3n) is 11.1. The SMILES string of the molecule is N#Cc1ccc(-n2c3ccccc3c3c(-c4ccc5c6ccccc6n(-c6ccccc6)c5c4)cccc32)c(-n2c3ccccc3c3ccccc32)c1C#N. The fraction of sp³-hybridized carbons (Fsp3) is 0. The number of fused-ring (bicyclic) bond motifs is 9. The molecule has 0 aliphatic rings. The largest absolute Gasteiger partial charge is 0.309 e. The molecule has 11 aromatic rings. The van der Waals surface area contributed by atoms with Crippen molar-refractivity contribution in [2.45, 2.75) is 0 Å². The van der Waals surface area contributed by atoms with Gasteiger partial charge in [0.2, 0.25) is 0 Å². The van der Waals surface area contributed by atoms with E-state index in [9.17, 15) is 10.5 Å². The van der Waals surface area contributed by atoms with Crippen LogP contribution in [0.25, 0.3) is 93.6 Å². The molecule has 0 unspecified atom stereocenters. The fourth-order valence-corrected chi connectivity index (χ4v) is 8.87. The third-order valence-corrected chi connectivity index (χ3v) is 11.1. The van der Waals surface area contributed by atoms with E-state index in [4.69, 9.17) is 0 Å². The summed E-state index contributed by atoms with van der Waals surface area (Å²) >= 11 is 0. The molecule has 0 fully saturated rings. The van der Waals surface area contributed by atoms with Gasteiger partial charge in [0.15, 0.2) is 0 Å². The van der Waals surface area contributed by atoms with Gasteiger partial charge in [0.05, 0.1) is 55.6 Å². The summed E-state index contributed by atoms with van der Waals surface area (Å²) in [5, 5.41) is 28.0. The smallest absolute Gasteiger partial charge is 0.103 e. The Morgan fingerprint density at radius 1 is 0.382 bits per heavy atom. The number of hydrogen-bond acceptors (Lipinski definition) is 2. The molecule has 0 saturated carbocycles. The minimum Gasteiger partial charge on any atom is -0.309 e. The lowest BCUT2D eigenvalue weighted by Gasteiger charge is -2.19. The molecule has 0 spiro atoms. The first kappa shape index (κ1) is 30.7. The van der Waals surface area contributed by atoms with E-state index in [-0.39, 0.29) is 0 Å². The van der Waals surface area contributed by atoms with Crippen LogP contribution in [-0.2, 0) is 0 Å². The summed E-state index contributed by atoms with van der Waals surface area (Å²) in [6.07, 6.45) is 0. The van der Waals surface area contributed by atoms with Crippen LogP contribution in [0.1, 0.15) is 11.1 Å². The van der Waals surface area contributed by atoms with E-state index in [1.54, 1.807) is 6.07 Å². The van der Waals surface area contributed by atoms with E-state index in [0.29, 0.717) is 16.8 Å². The highest BCUT2D eigenvalue weighted by atomic mass is 15.1. The highest BCUT2D eigenvalue weighted by Gasteiger charge is 2.25. The molecular formula is C50H29N5. The quantitative estimate of drug-likeness (QED) is 0.184. The monoisotopic (exact) mass is 699 g/mol. The Balaban J connectivity index is 1.24. The zero-order chi connectivity index (χ0) is 36.6. The average molecular weight is 700 g/mol. The molecule has 0 amide bonds. The van der Waals surface area contributed by atoms with Crippen LogP contribution < -0.4 is 0 Å². The molecular weight excluding hydrogens is 671 g/mol. The number of benzene rings is 8. The molecule has 3 heterocycles. The molecule has 5 heteroatoms. The lowest BCUT2D eigenvalue weighted by atomic mass is 9.98. The fourth-order valence-electron chi connectivity index (χ4n) is 8.87. The lowest BCUT2D eigenvalue weighted by Crippen LogP contribution is -2.07. The van der Waals surface area contributed by atoms with Gasteiger partial charge in [-0.2, -0.15) is 10.5 Å². The summed E-state index contributed by atoms with van der Waals surface area (Å²) in [6, 6.07) is 66.1. The van der Waals surface area contributed by atoms with Crippen molar-refractivity contribution in [2.75, 3.05) is 0 Å². The molecule has 0 atom stereocenters. The average Bonchev–Trinajstić information content (AvgIpc) is 3.89. The highest BCUT2D eigenvalue weighted by molar-refractivity contribution is 6.18. The van der Waals surface area contributed by atoms with Crippen LogP contribution in [0.3, 0.4) is 0 Å². The Labute approximate surface area is 316 Å². The van der Waals surface area contributed by atoms with Gasteiger partial charge in [0.1, 0.15) is 12.1 Å². The molecule has 0 aliphatic carbocycles. The molecule has 0 aliphatic heterocycles. The van der Waals surface area contributed by atoms with Crippen molar-refractivity contribution in [3.8, 4) is 40.3 Å². The van der Waals surface area contributed by atoms with Crippen LogP contribution in [0.4, 0.5) is 0 Å². The van der Waals surface area contributed by atoms with Crippen LogP contribution in [0.2, 0.25) is 0 Å². The number of nitriles is 2. The zero-order valence-corrected chi connectivity index (χ0v) is 29.5. The first-order chi connectivity index (χ1) is 27.2. The maximum Gasteiger partial charge on any atom is 0.103 e. The molecule has 3 aromatic heterocycles. The van der Waals surface area contributed by atoms with Gasteiger partial charge >= 0.3 is 0 Å². The van der Waals surface area contributed by atoms with Gasteiger partial charge in [-0.25, -0.2) is 0 Å². The molecule has 55 heavy (non-hydrogen) atoms. The first-order valence-corrected chi connectivity index (χ1v) is 18.3. The molecule has 5 nitrogen and oxygen atoms in total. The van der Waals surface area contributed by atoms with Crippen molar-refractivity contribution in [3.05, 3.63) is 187 Å². The van der Waals surface area contributed by atoms with Crippen LogP contribution in [0, 0.1) is 22.7 Å². The predicted octanol–water partition coefficient (Wildman–Crippen LogP) is 12.4. The molecule has 0 radical (unpaired) electrons. The molecule has 0 saturated heterocycles. The van der Waals surface area contributed by atoms with Gasteiger partial charge in [0, 0.05) is 38.0 Å².